The highest BCUT2D eigenvalue weighted by molar-refractivity contribution is 6.29. The maximum Gasteiger partial charge on any atom is 0.0549 e. The molecule has 9 aromatic carbocycles. The van der Waals surface area contributed by atoms with Crippen molar-refractivity contribution in [1.82, 2.24) is 9.13 Å². The van der Waals surface area contributed by atoms with Gasteiger partial charge in [-0.15, -0.1) is 0 Å². The topological polar surface area (TPSA) is 9.86 Å². The van der Waals surface area contributed by atoms with Crippen LogP contribution < -0.4 is 0 Å². The van der Waals surface area contributed by atoms with Crippen molar-refractivity contribution in [2.24, 2.45) is 0 Å². The average Bonchev–Trinajstić information content (AvgIpc) is 3.73. The van der Waals surface area contributed by atoms with Gasteiger partial charge >= 0.3 is 0 Å². The summed E-state index contributed by atoms with van der Waals surface area (Å²) in [4.78, 5) is 0. The molecule has 242 valence electrons. The molecule has 0 saturated heterocycles. The highest BCUT2D eigenvalue weighted by atomic mass is 15.0. The van der Waals surface area contributed by atoms with Crippen LogP contribution in [0.5, 0.6) is 0 Å². The Bertz CT molecular complexity index is 3180. The number of rotatable bonds is 4. The van der Waals surface area contributed by atoms with Crippen molar-refractivity contribution in [3.8, 4) is 33.6 Å². The van der Waals surface area contributed by atoms with E-state index in [2.05, 4.69) is 203 Å². The molecule has 0 aliphatic heterocycles. The van der Waals surface area contributed by atoms with Gasteiger partial charge in [-0.05, 0) is 86.8 Å². The van der Waals surface area contributed by atoms with Crippen LogP contribution in [0.3, 0.4) is 0 Å². The molecule has 2 heteroatoms. The van der Waals surface area contributed by atoms with Crippen LogP contribution in [0.1, 0.15) is 0 Å². The zero-order chi connectivity index (χ0) is 34.2. The van der Waals surface area contributed by atoms with Gasteiger partial charge in [-0.3, -0.25) is 0 Å². The van der Waals surface area contributed by atoms with E-state index in [-0.39, 0.29) is 0 Å². The van der Waals surface area contributed by atoms with Gasteiger partial charge in [0.15, 0.2) is 0 Å². The van der Waals surface area contributed by atoms with Crippen LogP contribution in [-0.2, 0) is 0 Å². The molecular weight excluding hydrogens is 629 g/mol. The molecule has 0 spiro atoms. The van der Waals surface area contributed by atoms with E-state index in [1.165, 1.54) is 98.8 Å². The molecule has 0 unspecified atom stereocenters. The van der Waals surface area contributed by atoms with E-state index in [1.54, 1.807) is 0 Å². The number of hydrogen-bond acceptors (Lipinski definition) is 0. The molecule has 0 radical (unpaired) electrons. The summed E-state index contributed by atoms with van der Waals surface area (Å²) in [6, 6.07) is 71.1. The lowest BCUT2D eigenvalue weighted by atomic mass is 9.96. The predicted octanol–water partition coefficient (Wildman–Crippen LogP) is 13.5. The lowest BCUT2D eigenvalue weighted by molar-refractivity contribution is 1.17. The van der Waals surface area contributed by atoms with Gasteiger partial charge in [-0.25, -0.2) is 0 Å². The summed E-state index contributed by atoms with van der Waals surface area (Å²) >= 11 is 0. The number of para-hydroxylation sites is 2. The lowest BCUT2D eigenvalue weighted by Crippen LogP contribution is -1.98. The fourth-order valence-corrected chi connectivity index (χ4v) is 8.50. The van der Waals surface area contributed by atoms with Crippen LogP contribution >= 0.6 is 0 Å². The summed E-state index contributed by atoms with van der Waals surface area (Å²) in [6.45, 7) is 0. The standard InChI is InChI=1S/C50H32N2/c1-2-14-35(15-3-1)41-27-25-39(38-23-22-33-12-4-6-16-36(33)30-38)32-48(41)52-45-21-11-9-19-43(45)50-47(52)29-28-46-49(50)42-18-8-10-20-44(42)51(46)40-26-24-34-13-5-7-17-37(34)31-40/h1-32H. The molecule has 0 bridgehead atoms. The molecular formula is C50H32N2. The predicted molar refractivity (Wildman–Crippen MR) is 221 cm³/mol. The minimum atomic E-state index is 1.17. The lowest BCUT2D eigenvalue weighted by Gasteiger charge is -2.16. The minimum absolute atomic E-state index is 1.17. The van der Waals surface area contributed by atoms with Crippen LogP contribution in [-0.4, -0.2) is 9.13 Å². The van der Waals surface area contributed by atoms with Crippen LogP contribution in [0.4, 0.5) is 0 Å². The number of benzene rings is 9. The van der Waals surface area contributed by atoms with Crippen molar-refractivity contribution in [3.05, 3.63) is 194 Å². The molecule has 0 aliphatic rings. The Kier molecular flexibility index (Phi) is 6.28. The first-order valence-corrected chi connectivity index (χ1v) is 17.9. The van der Waals surface area contributed by atoms with E-state index in [4.69, 9.17) is 0 Å². The van der Waals surface area contributed by atoms with Gasteiger partial charge in [0.2, 0.25) is 0 Å². The zero-order valence-corrected chi connectivity index (χ0v) is 28.4. The average molecular weight is 661 g/mol. The molecule has 2 aromatic heterocycles. The van der Waals surface area contributed by atoms with Gasteiger partial charge in [-0.1, -0.05) is 146 Å². The first kappa shape index (κ1) is 28.9. The molecule has 52 heavy (non-hydrogen) atoms. The second kappa shape index (κ2) is 11.3. The SMILES string of the molecule is c1ccc(-c2ccc(-c3ccc4ccccc4c3)cc2-n2c3ccccc3c3c4c5ccccc5n(-c5ccc6ccccc6c5)c4ccc32)cc1. The molecule has 0 aliphatic carbocycles. The van der Waals surface area contributed by atoms with Crippen LogP contribution in [0.2, 0.25) is 0 Å². The number of fused-ring (bicyclic) bond motifs is 9. The molecule has 11 rings (SSSR count). The third-order valence-corrected chi connectivity index (χ3v) is 10.9. The Morgan fingerprint density at radius 1 is 0.288 bits per heavy atom. The molecule has 11 aromatic rings. The van der Waals surface area contributed by atoms with Crippen molar-refractivity contribution in [3.63, 3.8) is 0 Å². The molecule has 0 amide bonds. The zero-order valence-electron chi connectivity index (χ0n) is 28.4. The Morgan fingerprint density at radius 3 is 1.52 bits per heavy atom. The summed E-state index contributed by atoms with van der Waals surface area (Å²) in [6.07, 6.45) is 0. The number of nitrogens with zero attached hydrogens (tertiary/aromatic N) is 2. The summed E-state index contributed by atoms with van der Waals surface area (Å²) in [7, 11) is 0. The second-order valence-electron chi connectivity index (χ2n) is 13.8. The fraction of sp³-hybridized carbons (Fsp3) is 0. The largest absolute Gasteiger partial charge is 0.309 e. The van der Waals surface area contributed by atoms with Crippen molar-refractivity contribution >= 4 is 65.2 Å². The maximum atomic E-state index is 2.50. The first-order chi connectivity index (χ1) is 25.8. The summed E-state index contributed by atoms with van der Waals surface area (Å²) in [5.41, 5.74) is 11.9. The van der Waals surface area contributed by atoms with Gasteiger partial charge < -0.3 is 9.13 Å². The minimum Gasteiger partial charge on any atom is -0.309 e. The highest BCUT2D eigenvalue weighted by Gasteiger charge is 2.22. The van der Waals surface area contributed by atoms with Crippen molar-refractivity contribution < 1.29 is 0 Å². The third-order valence-electron chi connectivity index (χ3n) is 10.9. The van der Waals surface area contributed by atoms with Gasteiger partial charge in [0, 0.05) is 32.8 Å². The van der Waals surface area contributed by atoms with Gasteiger partial charge in [0.1, 0.15) is 0 Å². The molecule has 2 nitrogen and oxygen atoms in total. The summed E-state index contributed by atoms with van der Waals surface area (Å²) in [5, 5.41) is 10.0. The first-order valence-electron chi connectivity index (χ1n) is 17.9. The van der Waals surface area contributed by atoms with E-state index >= 15 is 0 Å². The van der Waals surface area contributed by atoms with Crippen molar-refractivity contribution in [2.45, 2.75) is 0 Å². The molecule has 0 fully saturated rings. The molecule has 0 atom stereocenters. The van der Waals surface area contributed by atoms with Gasteiger partial charge in [0.05, 0.1) is 27.8 Å². The molecule has 0 N–H and O–H groups in total. The van der Waals surface area contributed by atoms with E-state index in [1.807, 2.05) is 0 Å². The monoisotopic (exact) mass is 660 g/mol. The number of aromatic nitrogens is 2. The Balaban J connectivity index is 1.24. The normalized spacial score (nSPS) is 11.8. The fourth-order valence-electron chi connectivity index (χ4n) is 8.50. The quantitative estimate of drug-likeness (QED) is 0.178. The summed E-state index contributed by atoms with van der Waals surface area (Å²) in [5.74, 6) is 0. The highest BCUT2D eigenvalue weighted by Crippen LogP contribution is 2.44. The van der Waals surface area contributed by atoms with Gasteiger partial charge in [0.25, 0.3) is 0 Å². The van der Waals surface area contributed by atoms with Gasteiger partial charge in [-0.2, -0.15) is 0 Å². The number of hydrogen-bond donors (Lipinski definition) is 0. The van der Waals surface area contributed by atoms with Crippen molar-refractivity contribution in [2.75, 3.05) is 0 Å². The Morgan fingerprint density at radius 2 is 0.808 bits per heavy atom. The van der Waals surface area contributed by atoms with E-state index in [9.17, 15) is 0 Å². The molecule has 2 heterocycles. The third kappa shape index (κ3) is 4.31. The smallest absolute Gasteiger partial charge is 0.0549 e. The van der Waals surface area contributed by atoms with Crippen LogP contribution in [0, 0.1) is 0 Å². The Hall–Kier alpha value is -6.90. The van der Waals surface area contributed by atoms with E-state index in [0.717, 1.165) is 0 Å². The van der Waals surface area contributed by atoms with Crippen LogP contribution in [0.15, 0.2) is 194 Å². The maximum absolute atomic E-state index is 2.50. The van der Waals surface area contributed by atoms with Crippen LogP contribution in [0.25, 0.3) is 98.8 Å². The van der Waals surface area contributed by atoms with E-state index < -0.39 is 0 Å². The van der Waals surface area contributed by atoms with Crippen molar-refractivity contribution in [1.29, 1.82) is 0 Å². The van der Waals surface area contributed by atoms with E-state index in [0.29, 0.717) is 0 Å². The second-order valence-corrected chi connectivity index (χ2v) is 13.8. The summed E-state index contributed by atoms with van der Waals surface area (Å²) < 4.78 is 4.94. The molecule has 0 saturated carbocycles. The Labute approximate surface area is 301 Å².